The summed E-state index contributed by atoms with van der Waals surface area (Å²) in [5.41, 5.74) is 0. The number of ether oxygens (including phenoxy) is 1. The van der Waals surface area contributed by atoms with E-state index in [-0.39, 0.29) is 0 Å². The van der Waals surface area contributed by atoms with Crippen molar-refractivity contribution in [3.63, 3.8) is 0 Å². The Balaban J connectivity index is 1.72. The number of aryl methyl sites for hydroxylation is 1. The molecule has 0 unspecified atom stereocenters. The molecule has 1 aromatic heterocycles. The highest BCUT2D eigenvalue weighted by molar-refractivity contribution is 5.20. The van der Waals surface area contributed by atoms with E-state index in [2.05, 4.69) is 21.8 Å². The maximum atomic E-state index is 5.68. The van der Waals surface area contributed by atoms with Crippen LogP contribution in [0.25, 0.3) is 0 Å². The summed E-state index contributed by atoms with van der Waals surface area (Å²) in [7, 11) is 0. The standard InChI is InChI=1S/C15H21N3O/c1-2-16-13-15-17-9-11-18(15)10-6-12-19-14-7-4-3-5-8-14/h3-5,7-9,11,16H,2,6,10,12-13H2,1H3. The number of para-hydroxylation sites is 1. The van der Waals surface area contributed by atoms with Crippen LogP contribution in [0.2, 0.25) is 0 Å². The Bertz CT molecular complexity index is 467. The molecule has 0 saturated heterocycles. The van der Waals surface area contributed by atoms with Crippen LogP contribution in [0.15, 0.2) is 42.7 Å². The van der Waals surface area contributed by atoms with E-state index >= 15 is 0 Å². The predicted octanol–water partition coefficient (Wildman–Crippen LogP) is 2.46. The number of hydrogen-bond donors (Lipinski definition) is 1. The molecule has 0 bridgehead atoms. The highest BCUT2D eigenvalue weighted by Crippen LogP contribution is 2.08. The predicted molar refractivity (Wildman–Crippen MR) is 76.2 cm³/mol. The Morgan fingerprint density at radius 3 is 2.89 bits per heavy atom. The molecule has 1 heterocycles. The first-order valence-corrected chi connectivity index (χ1v) is 6.78. The lowest BCUT2D eigenvalue weighted by Crippen LogP contribution is -2.16. The van der Waals surface area contributed by atoms with Gasteiger partial charge in [0.25, 0.3) is 0 Å². The van der Waals surface area contributed by atoms with E-state index in [9.17, 15) is 0 Å². The Morgan fingerprint density at radius 2 is 2.11 bits per heavy atom. The molecule has 1 aromatic carbocycles. The largest absolute Gasteiger partial charge is 0.494 e. The molecule has 2 rings (SSSR count). The quantitative estimate of drug-likeness (QED) is 0.740. The van der Waals surface area contributed by atoms with Crippen LogP contribution >= 0.6 is 0 Å². The van der Waals surface area contributed by atoms with Gasteiger partial charge in [0.15, 0.2) is 0 Å². The van der Waals surface area contributed by atoms with Gasteiger partial charge in [-0.25, -0.2) is 4.98 Å². The Labute approximate surface area is 114 Å². The molecule has 102 valence electrons. The van der Waals surface area contributed by atoms with Gasteiger partial charge in [-0.2, -0.15) is 0 Å². The molecule has 0 radical (unpaired) electrons. The van der Waals surface area contributed by atoms with Crippen LogP contribution in [0.4, 0.5) is 0 Å². The van der Waals surface area contributed by atoms with E-state index in [1.165, 1.54) is 0 Å². The van der Waals surface area contributed by atoms with Crippen molar-refractivity contribution in [3.8, 4) is 5.75 Å². The second-order valence-electron chi connectivity index (χ2n) is 4.33. The van der Waals surface area contributed by atoms with Crippen molar-refractivity contribution in [1.82, 2.24) is 14.9 Å². The number of nitrogens with zero attached hydrogens (tertiary/aromatic N) is 2. The second-order valence-corrected chi connectivity index (χ2v) is 4.33. The van der Waals surface area contributed by atoms with Gasteiger partial charge < -0.3 is 14.6 Å². The summed E-state index contributed by atoms with van der Waals surface area (Å²) in [6, 6.07) is 9.92. The van der Waals surface area contributed by atoms with Gasteiger partial charge in [0.1, 0.15) is 11.6 Å². The first-order valence-electron chi connectivity index (χ1n) is 6.78. The van der Waals surface area contributed by atoms with Crippen molar-refractivity contribution in [2.75, 3.05) is 13.2 Å². The number of imidazole rings is 1. The van der Waals surface area contributed by atoms with Gasteiger partial charge in [-0.05, 0) is 25.1 Å². The summed E-state index contributed by atoms with van der Waals surface area (Å²) >= 11 is 0. The minimum atomic E-state index is 0.725. The molecule has 1 N–H and O–H groups in total. The molecule has 0 atom stereocenters. The van der Waals surface area contributed by atoms with E-state index in [1.54, 1.807) is 0 Å². The van der Waals surface area contributed by atoms with Gasteiger partial charge in [0.05, 0.1) is 13.2 Å². The van der Waals surface area contributed by atoms with Gasteiger partial charge in [0, 0.05) is 18.9 Å². The van der Waals surface area contributed by atoms with E-state index in [0.717, 1.165) is 44.2 Å². The molecule has 0 aliphatic heterocycles. The van der Waals surface area contributed by atoms with Crippen LogP contribution in [-0.2, 0) is 13.1 Å². The van der Waals surface area contributed by atoms with Gasteiger partial charge in [-0.3, -0.25) is 0 Å². The summed E-state index contributed by atoms with van der Waals surface area (Å²) in [6.45, 7) is 5.55. The second kappa shape index (κ2) is 7.59. The van der Waals surface area contributed by atoms with E-state index in [1.807, 2.05) is 42.7 Å². The van der Waals surface area contributed by atoms with Crippen LogP contribution in [-0.4, -0.2) is 22.7 Å². The van der Waals surface area contributed by atoms with Crippen molar-refractivity contribution < 1.29 is 4.74 Å². The number of hydrogen-bond acceptors (Lipinski definition) is 3. The number of rotatable bonds is 8. The number of aromatic nitrogens is 2. The average molecular weight is 259 g/mol. The van der Waals surface area contributed by atoms with Crippen molar-refractivity contribution in [2.24, 2.45) is 0 Å². The summed E-state index contributed by atoms with van der Waals surface area (Å²) < 4.78 is 7.85. The minimum absolute atomic E-state index is 0.725. The SMILES string of the molecule is CCNCc1nccn1CCCOc1ccccc1. The van der Waals surface area contributed by atoms with Gasteiger partial charge in [-0.1, -0.05) is 25.1 Å². The van der Waals surface area contributed by atoms with Crippen molar-refractivity contribution >= 4 is 0 Å². The van der Waals surface area contributed by atoms with Gasteiger partial charge in [-0.15, -0.1) is 0 Å². The molecule has 0 fully saturated rings. The first-order chi connectivity index (χ1) is 9.40. The third kappa shape index (κ3) is 4.41. The lowest BCUT2D eigenvalue weighted by atomic mass is 10.3. The highest BCUT2D eigenvalue weighted by atomic mass is 16.5. The van der Waals surface area contributed by atoms with Crippen molar-refractivity contribution in [3.05, 3.63) is 48.5 Å². The number of nitrogens with one attached hydrogen (secondary N) is 1. The summed E-state index contributed by atoms with van der Waals surface area (Å²) in [4.78, 5) is 4.35. The maximum absolute atomic E-state index is 5.68. The first kappa shape index (κ1) is 13.6. The van der Waals surface area contributed by atoms with E-state index in [4.69, 9.17) is 4.74 Å². The zero-order valence-electron chi connectivity index (χ0n) is 11.4. The summed E-state index contributed by atoms with van der Waals surface area (Å²) in [6.07, 6.45) is 4.85. The Hall–Kier alpha value is -1.81. The minimum Gasteiger partial charge on any atom is -0.494 e. The highest BCUT2D eigenvalue weighted by Gasteiger charge is 2.01. The third-order valence-corrected chi connectivity index (χ3v) is 2.89. The maximum Gasteiger partial charge on any atom is 0.122 e. The van der Waals surface area contributed by atoms with Crippen molar-refractivity contribution in [1.29, 1.82) is 0 Å². The zero-order valence-corrected chi connectivity index (χ0v) is 11.4. The molecule has 19 heavy (non-hydrogen) atoms. The number of benzene rings is 1. The van der Waals surface area contributed by atoms with Crippen LogP contribution in [0, 0.1) is 0 Å². The topological polar surface area (TPSA) is 39.1 Å². The van der Waals surface area contributed by atoms with Gasteiger partial charge in [0.2, 0.25) is 0 Å². The molecular formula is C15H21N3O. The molecule has 4 heteroatoms. The smallest absolute Gasteiger partial charge is 0.122 e. The fourth-order valence-electron chi connectivity index (χ4n) is 1.89. The fraction of sp³-hybridized carbons (Fsp3) is 0.400. The molecule has 0 spiro atoms. The molecule has 0 aliphatic rings. The lowest BCUT2D eigenvalue weighted by molar-refractivity contribution is 0.300. The average Bonchev–Trinajstić information content (AvgIpc) is 2.90. The normalized spacial score (nSPS) is 10.6. The van der Waals surface area contributed by atoms with Gasteiger partial charge >= 0.3 is 0 Å². The van der Waals surface area contributed by atoms with Crippen LogP contribution in [0.1, 0.15) is 19.2 Å². The molecular weight excluding hydrogens is 238 g/mol. The zero-order chi connectivity index (χ0) is 13.3. The van der Waals surface area contributed by atoms with Crippen LogP contribution < -0.4 is 10.1 Å². The van der Waals surface area contributed by atoms with Crippen LogP contribution in [0.3, 0.4) is 0 Å². The Kier molecular flexibility index (Phi) is 5.44. The fourth-order valence-corrected chi connectivity index (χ4v) is 1.89. The molecule has 0 aliphatic carbocycles. The lowest BCUT2D eigenvalue weighted by Gasteiger charge is -2.09. The molecule has 0 amide bonds. The van der Waals surface area contributed by atoms with Crippen LogP contribution in [0.5, 0.6) is 5.75 Å². The van der Waals surface area contributed by atoms with Crippen molar-refractivity contribution in [2.45, 2.75) is 26.4 Å². The molecule has 4 nitrogen and oxygen atoms in total. The molecule has 2 aromatic rings. The van der Waals surface area contributed by atoms with E-state index < -0.39 is 0 Å². The monoisotopic (exact) mass is 259 g/mol. The third-order valence-electron chi connectivity index (χ3n) is 2.89. The summed E-state index contributed by atoms with van der Waals surface area (Å²) in [5, 5.41) is 3.29. The van der Waals surface area contributed by atoms with E-state index in [0.29, 0.717) is 0 Å². The molecule has 0 saturated carbocycles. The Morgan fingerprint density at radius 1 is 1.26 bits per heavy atom. The summed E-state index contributed by atoms with van der Waals surface area (Å²) in [5.74, 6) is 2.02.